The number of benzene rings is 2. The van der Waals surface area contributed by atoms with Crippen LogP contribution in [0.25, 0.3) is 0 Å². The molecule has 0 aromatic heterocycles. The summed E-state index contributed by atoms with van der Waals surface area (Å²) in [6, 6.07) is 12.6. The van der Waals surface area contributed by atoms with Gasteiger partial charge in [0.1, 0.15) is 0 Å². The fourth-order valence-corrected chi connectivity index (χ4v) is 7.47. The number of carbonyl (C=O) groups excluding carboxylic acids is 3. The Hall–Kier alpha value is -3.80. The molecule has 3 fully saturated rings. The number of anilines is 1. The fraction of sp³-hybridized carbons (Fsp3) is 0.571. The first kappa shape index (κ1) is 33.1. The van der Waals surface area contributed by atoms with Crippen molar-refractivity contribution in [3.63, 3.8) is 0 Å². The number of carbonyl (C=O) groups is 3. The minimum atomic E-state index is -4.53. The first-order valence-corrected chi connectivity index (χ1v) is 16.7. The van der Waals surface area contributed by atoms with Crippen molar-refractivity contribution in [2.45, 2.75) is 76.7 Å². The lowest BCUT2D eigenvalue weighted by Gasteiger charge is -2.38. The van der Waals surface area contributed by atoms with Crippen LogP contribution in [0.1, 0.15) is 56.2 Å². The molecule has 4 heterocycles. The van der Waals surface area contributed by atoms with Gasteiger partial charge in [0, 0.05) is 63.5 Å². The highest BCUT2D eigenvalue weighted by atomic mass is 19.4. The third kappa shape index (κ3) is 7.69. The summed E-state index contributed by atoms with van der Waals surface area (Å²) in [4.78, 5) is 47.9. The predicted octanol–water partition coefficient (Wildman–Crippen LogP) is 5.64. The zero-order valence-corrected chi connectivity index (χ0v) is 27.1. The van der Waals surface area contributed by atoms with E-state index >= 15 is 0 Å². The molecule has 12 heteroatoms. The Kier molecular flexibility index (Phi) is 9.42. The summed E-state index contributed by atoms with van der Waals surface area (Å²) in [5.41, 5.74) is 1.57. The Morgan fingerprint density at radius 2 is 1.68 bits per heavy atom. The minimum absolute atomic E-state index is 0.0620. The van der Waals surface area contributed by atoms with Gasteiger partial charge in [-0.05, 0) is 67.3 Å². The van der Waals surface area contributed by atoms with Gasteiger partial charge in [-0.25, -0.2) is 9.59 Å². The number of amides is 4. The van der Waals surface area contributed by atoms with Gasteiger partial charge in [0.05, 0.1) is 5.56 Å². The second-order valence-corrected chi connectivity index (χ2v) is 14.1. The normalized spacial score (nSPS) is 22.9. The van der Waals surface area contributed by atoms with Gasteiger partial charge in [-0.3, -0.25) is 9.69 Å². The Morgan fingerprint density at radius 1 is 0.957 bits per heavy atom. The van der Waals surface area contributed by atoms with Crippen LogP contribution in [-0.4, -0.2) is 102 Å². The van der Waals surface area contributed by atoms with E-state index in [4.69, 9.17) is 4.74 Å². The van der Waals surface area contributed by atoms with E-state index in [1.807, 2.05) is 29.2 Å². The first-order valence-electron chi connectivity index (χ1n) is 16.7. The van der Waals surface area contributed by atoms with Crippen molar-refractivity contribution < 1.29 is 32.3 Å². The Balaban J connectivity index is 1.11. The van der Waals surface area contributed by atoms with E-state index in [-0.39, 0.29) is 41.4 Å². The molecule has 6 rings (SSSR count). The molecule has 3 saturated heterocycles. The average molecular weight is 656 g/mol. The standard InChI is InChI=1S/C35H44F3N5O4/c1-34(2)14-19-42(23-34)28-13-17-41(22-28)31(44)30(21-24-6-5-8-26(20-24)35(36,37)38)47-33(46)40-15-11-27(12-16-40)43-18-10-25-7-3-4-9-29(25)39-32(43)45/h3-9,20,27-28,30H,10-19,21-23H2,1-2H3,(H,39,45)/t28?,30-/m1/s1. The van der Waals surface area contributed by atoms with Crippen molar-refractivity contribution in [1.29, 1.82) is 0 Å². The molecule has 0 spiro atoms. The third-order valence-electron chi connectivity index (χ3n) is 10.2. The van der Waals surface area contributed by atoms with Gasteiger partial charge in [-0.15, -0.1) is 0 Å². The van der Waals surface area contributed by atoms with Crippen LogP contribution in [0.4, 0.5) is 28.4 Å². The number of urea groups is 1. The molecule has 0 saturated carbocycles. The molecule has 9 nitrogen and oxygen atoms in total. The van der Waals surface area contributed by atoms with Crippen molar-refractivity contribution in [3.05, 3.63) is 65.2 Å². The van der Waals surface area contributed by atoms with E-state index in [9.17, 15) is 27.6 Å². The smallest absolute Gasteiger partial charge is 0.416 e. The molecular weight excluding hydrogens is 611 g/mol. The second-order valence-electron chi connectivity index (χ2n) is 14.1. The van der Waals surface area contributed by atoms with Gasteiger partial charge in [0.2, 0.25) is 0 Å². The van der Waals surface area contributed by atoms with Crippen LogP contribution in [-0.2, 0) is 28.5 Å². The van der Waals surface area contributed by atoms with E-state index in [1.165, 1.54) is 17.0 Å². The van der Waals surface area contributed by atoms with Crippen LogP contribution < -0.4 is 5.32 Å². The van der Waals surface area contributed by atoms with E-state index in [2.05, 4.69) is 24.1 Å². The molecular formula is C35H44F3N5O4. The molecule has 0 aliphatic carbocycles. The lowest BCUT2D eigenvalue weighted by Crippen LogP contribution is -2.51. The Bertz CT molecular complexity index is 1480. The number of piperidine rings is 1. The molecule has 4 aliphatic heterocycles. The van der Waals surface area contributed by atoms with Crippen LogP contribution >= 0.6 is 0 Å². The maximum absolute atomic E-state index is 13.9. The molecule has 4 amide bonds. The number of rotatable bonds is 6. The van der Waals surface area contributed by atoms with Crippen molar-refractivity contribution in [3.8, 4) is 0 Å². The van der Waals surface area contributed by atoms with E-state index in [1.54, 1.807) is 4.90 Å². The van der Waals surface area contributed by atoms with Gasteiger partial charge >= 0.3 is 18.3 Å². The molecule has 254 valence electrons. The highest BCUT2D eigenvalue weighted by Crippen LogP contribution is 2.33. The number of nitrogens with one attached hydrogen (secondary N) is 1. The van der Waals surface area contributed by atoms with Crippen LogP contribution in [0, 0.1) is 5.41 Å². The van der Waals surface area contributed by atoms with Crippen molar-refractivity contribution >= 4 is 23.7 Å². The number of hydrogen-bond donors (Lipinski definition) is 1. The van der Waals surface area contributed by atoms with Crippen LogP contribution in [0.2, 0.25) is 0 Å². The van der Waals surface area contributed by atoms with Crippen molar-refractivity contribution in [1.82, 2.24) is 19.6 Å². The summed E-state index contributed by atoms with van der Waals surface area (Å²) in [5, 5.41) is 3.00. The summed E-state index contributed by atoms with van der Waals surface area (Å²) in [6.45, 7) is 8.62. The van der Waals surface area contributed by atoms with Crippen molar-refractivity contribution in [2.24, 2.45) is 5.41 Å². The molecule has 1 unspecified atom stereocenters. The highest BCUT2D eigenvalue weighted by Gasteiger charge is 2.40. The molecule has 2 atom stereocenters. The second kappa shape index (κ2) is 13.4. The maximum atomic E-state index is 13.9. The quantitative estimate of drug-likeness (QED) is 0.436. The van der Waals surface area contributed by atoms with E-state index in [0.29, 0.717) is 45.6 Å². The van der Waals surface area contributed by atoms with Crippen LogP contribution in [0.5, 0.6) is 0 Å². The van der Waals surface area contributed by atoms with Crippen molar-refractivity contribution in [2.75, 3.05) is 51.1 Å². The molecule has 4 aliphatic rings. The monoisotopic (exact) mass is 655 g/mol. The summed E-state index contributed by atoms with van der Waals surface area (Å²) >= 11 is 0. The summed E-state index contributed by atoms with van der Waals surface area (Å²) in [6.07, 6.45) is -2.91. The predicted molar refractivity (Wildman–Crippen MR) is 171 cm³/mol. The Labute approximate surface area is 274 Å². The summed E-state index contributed by atoms with van der Waals surface area (Å²) in [7, 11) is 0. The lowest BCUT2D eigenvalue weighted by molar-refractivity contribution is -0.140. The molecule has 47 heavy (non-hydrogen) atoms. The molecule has 0 bridgehead atoms. The van der Waals surface area contributed by atoms with Crippen LogP contribution in [0.3, 0.4) is 0 Å². The SMILES string of the molecule is CC1(C)CCN(C2CCN(C(=O)[C@@H](Cc3cccc(C(F)(F)F)c3)OC(=O)N3CCC(N4CCc5ccccc5NC4=O)CC3)C2)C1. The zero-order chi connectivity index (χ0) is 33.3. The molecule has 0 radical (unpaired) electrons. The number of alkyl halides is 3. The first-order chi connectivity index (χ1) is 22.4. The number of hydrogen-bond acceptors (Lipinski definition) is 5. The van der Waals surface area contributed by atoms with E-state index in [0.717, 1.165) is 55.7 Å². The zero-order valence-electron chi connectivity index (χ0n) is 27.1. The van der Waals surface area contributed by atoms with Gasteiger partial charge in [0.15, 0.2) is 6.10 Å². The molecule has 2 aromatic rings. The Morgan fingerprint density at radius 3 is 2.40 bits per heavy atom. The number of fused-ring (bicyclic) bond motifs is 1. The largest absolute Gasteiger partial charge is 0.436 e. The molecule has 2 aromatic carbocycles. The molecule has 1 N–H and O–H groups in total. The van der Waals surface area contributed by atoms with Gasteiger partial charge in [0.25, 0.3) is 5.91 Å². The third-order valence-corrected chi connectivity index (χ3v) is 10.2. The highest BCUT2D eigenvalue weighted by molar-refractivity contribution is 5.91. The average Bonchev–Trinajstić information content (AvgIpc) is 3.63. The summed E-state index contributed by atoms with van der Waals surface area (Å²) in [5.74, 6) is -0.382. The van der Waals surface area contributed by atoms with E-state index < -0.39 is 23.9 Å². The van der Waals surface area contributed by atoms with Gasteiger partial charge in [-0.2, -0.15) is 13.2 Å². The number of ether oxygens (including phenoxy) is 1. The van der Waals surface area contributed by atoms with Gasteiger partial charge in [-0.1, -0.05) is 50.2 Å². The van der Waals surface area contributed by atoms with Gasteiger partial charge < -0.3 is 24.8 Å². The number of halogens is 3. The van der Waals surface area contributed by atoms with Crippen LogP contribution in [0.15, 0.2) is 48.5 Å². The minimum Gasteiger partial charge on any atom is -0.436 e. The fourth-order valence-electron chi connectivity index (χ4n) is 7.47. The number of likely N-dealkylation sites (tertiary alicyclic amines) is 3. The topological polar surface area (TPSA) is 85.4 Å². The summed E-state index contributed by atoms with van der Waals surface area (Å²) < 4.78 is 46.3. The number of nitrogens with zero attached hydrogens (tertiary/aromatic N) is 4. The number of para-hydroxylation sites is 1. The maximum Gasteiger partial charge on any atom is 0.416 e. The lowest BCUT2D eigenvalue weighted by atomic mass is 9.93.